The molecule has 1 saturated heterocycles. The van der Waals surface area contributed by atoms with E-state index in [1.807, 2.05) is 6.07 Å². The van der Waals surface area contributed by atoms with Crippen LogP contribution in [-0.2, 0) is 10.0 Å². The Kier molecular flexibility index (Phi) is 3.97. The molecule has 0 atom stereocenters. The molecule has 2 heterocycles. The van der Waals surface area contributed by atoms with Crippen molar-refractivity contribution in [3.63, 3.8) is 0 Å². The number of benzene rings is 1. The molecule has 0 spiro atoms. The Morgan fingerprint density at radius 1 is 1.14 bits per heavy atom. The second kappa shape index (κ2) is 5.75. The van der Waals surface area contributed by atoms with E-state index in [9.17, 15) is 8.42 Å². The van der Waals surface area contributed by atoms with Gasteiger partial charge in [0.05, 0.1) is 22.5 Å². The molecule has 2 aromatic rings. The molecular formula is C14H13BrN2O3S. The van der Waals surface area contributed by atoms with Crippen molar-refractivity contribution in [1.29, 1.82) is 0 Å². The largest absolute Gasteiger partial charge is 0.471 e. The van der Waals surface area contributed by atoms with Crippen LogP contribution in [0.15, 0.2) is 58.0 Å². The van der Waals surface area contributed by atoms with Gasteiger partial charge >= 0.3 is 0 Å². The molecule has 21 heavy (non-hydrogen) atoms. The lowest BCUT2D eigenvalue weighted by Crippen LogP contribution is -2.56. The van der Waals surface area contributed by atoms with Gasteiger partial charge in [0, 0.05) is 6.20 Å². The van der Waals surface area contributed by atoms with Crippen LogP contribution in [0.3, 0.4) is 0 Å². The molecule has 1 aromatic heterocycles. The van der Waals surface area contributed by atoms with Crippen LogP contribution in [-0.4, -0.2) is 36.9 Å². The summed E-state index contributed by atoms with van der Waals surface area (Å²) in [5.74, 6) is 0.485. The van der Waals surface area contributed by atoms with Crippen molar-refractivity contribution in [3.8, 4) is 5.88 Å². The van der Waals surface area contributed by atoms with Gasteiger partial charge in [-0.3, -0.25) is 0 Å². The van der Waals surface area contributed by atoms with E-state index < -0.39 is 10.0 Å². The maximum Gasteiger partial charge on any atom is 0.243 e. The van der Waals surface area contributed by atoms with Crippen LogP contribution in [0.25, 0.3) is 0 Å². The van der Waals surface area contributed by atoms with Crippen LogP contribution < -0.4 is 4.74 Å². The van der Waals surface area contributed by atoms with E-state index in [0.29, 0.717) is 23.9 Å². The van der Waals surface area contributed by atoms with Gasteiger partial charge in [0.2, 0.25) is 15.9 Å². The predicted octanol–water partition coefficient (Wildman–Crippen LogP) is 2.30. The summed E-state index contributed by atoms with van der Waals surface area (Å²) in [4.78, 5) is 4.42. The topological polar surface area (TPSA) is 59.5 Å². The lowest BCUT2D eigenvalue weighted by molar-refractivity contribution is 0.0713. The van der Waals surface area contributed by atoms with E-state index in [4.69, 9.17) is 4.74 Å². The summed E-state index contributed by atoms with van der Waals surface area (Å²) in [6, 6.07) is 12.0. The van der Waals surface area contributed by atoms with Crippen molar-refractivity contribution >= 4 is 26.0 Å². The smallest absolute Gasteiger partial charge is 0.243 e. The lowest BCUT2D eigenvalue weighted by Gasteiger charge is -2.37. The molecule has 5 nitrogen and oxygen atoms in total. The molecule has 3 rings (SSSR count). The predicted molar refractivity (Wildman–Crippen MR) is 81.6 cm³/mol. The standard InChI is InChI=1S/C14H13BrN2O3S/c15-13-7-4-8-16-14(13)20-11-9-17(10-11)21(18,19)12-5-2-1-3-6-12/h1-8,11H,9-10H2. The Balaban J connectivity index is 1.65. The Bertz CT molecular complexity index is 731. The number of ether oxygens (including phenoxy) is 1. The summed E-state index contributed by atoms with van der Waals surface area (Å²) in [5, 5.41) is 0. The molecule has 1 aliphatic heterocycles. The van der Waals surface area contributed by atoms with Gasteiger partial charge in [-0.15, -0.1) is 0 Å². The molecule has 7 heteroatoms. The van der Waals surface area contributed by atoms with Crippen molar-refractivity contribution in [2.75, 3.05) is 13.1 Å². The molecule has 110 valence electrons. The summed E-state index contributed by atoms with van der Waals surface area (Å²) >= 11 is 3.35. The third kappa shape index (κ3) is 2.95. The molecule has 0 aliphatic carbocycles. The van der Waals surface area contributed by atoms with Crippen LogP contribution in [0.2, 0.25) is 0 Å². The molecule has 0 N–H and O–H groups in total. The van der Waals surface area contributed by atoms with Gasteiger partial charge in [-0.25, -0.2) is 13.4 Å². The van der Waals surface area contributed by atoms with Crippen LogP contribution in [0.1, 0.15) is 0 Å². The Hall–Kier alpha value is -1.44. The van der Waals surface area contributed by atoms with Gasteiger partial charge in [0.15, 0.2) is 0 Å². The molecule has 0 unspecified atom stereocenters. The first-order valence-corrected chi connectivity index (χ1v) is 8.63. The molecule has 1 fully saturated rings. The first-order valence-electron chi connectivity index (χ1n) is 6.40. The molecular weight excluding hydrogens is 356 g/mol. The number of sulfonamides is 1. The number of hydrogen-bond acceptors (Lipinski definition) is 4. The van der Waals surface area contributed by atoms with Crippen molar-refractivity contribution in [1.82, 2.24) is 9.29 Å². The van der Waals surface area contributed by atoms with Gasteiger partial charge < -0.3 is 4.74 Å². The number of hydrogen-bond donors (Lipinski definition) is 0. The van der Waals surface area contributed by atoms with E-state index in [1.165, 1.54) is 4.31 Å². The minimum Gasteiger partial charge on any atom is -0.471 e. The van der Waals surface area contributed by atoms with E-state index in [1.54, 1.807) is 42.6 Å². The first-order chi connectivity index (χ1) is 10.1. The average molecular weight is 369 g/mol. The van der Waals surface area contributed by atoms with Gasteiger partial charge in [0.25, 0.3) is 0 Å². The number of rotatable bonds is 4. The highest BCUT2D eigenvalue weighted by Crippen LogP contribution is 2.27. The van der Waals surface area contributed by atoms with E-state index in [2.05, 4.69) is 20.9 Å². The fourth-order valence-corrected chi connectivity index (χ4v) is 3.90. The second-order valence-electron chi connectivity index (χ2n) is 4.67. The maximum absolute atomic E-state index is 12.3. The highest BCUT2D eigenvalue weighted by atomic mass is 79.9. The number of halogens is 1. The Morgan fingerprint density at radius 2 is 1.86 bits per heavy atom. The molecule has 0 saturated carbocycles. The summed E-state index contributed by atoms with van der Waals surface area (Å²) in [5.41, 5.74) is 0. The van der Waals surface area contributed by atoms with Crippen LogP contribution in [0.4, 0.5) is 0 Å². The Morgan fingerprint density at radius 3 is 2.52 bits per heavy atom. The van der Waals surface area contributed by atoms with E-state index in [-0.39, 0.29) is 6.10 Å². The molecule has 1 aromatic carbocycles. The summed E-state index contributed by atoms with van der Waals surface area (Å²) in [6.45, 7) is 0.667. The average Bonchev–Trinajstić information content (AvgIpc) is 2.45. The maximum atomic E-state index is 12.3. The monoisotopic (exact) mass is 368 g/mol. The first kappa shape index (κ1) is 14.5. The minimum atomic E-state index is -3.42. The quantitative estimate of drug-likeness (QED) is 0.830. The van der Waals surface area contributed by atoms with Crippen LogP contribution >= 0.6 is 15.9 Å². The van der Waals surface area contributed by atoms with Gasteiger partial charge in [-0.1, -0.05) is 18.2 Å². The summed E-state index contributed by atoms with van der Waals surface area (Å²) in [6.07, 6.45) is 1.46. The summed E-state index contributed by atoms with van der Waals surface area (Å²) < 4.78 is 32.5. The van der Waals surface area contributed by atoms with E-state index >= 15 is 0 Å². The van der Waals surface area contributed by atoms with Gasteiger partial charge in [0.1, 0.15) is 6.10 Å². The minimum absolute atomic E-state index is 0.172. The van der Waals surface area contributed by atoms with Crippen LogP contribution in [0, 0.1) is 0 Å². The molecule has 1 aliphatic rings. The Labute approximate surface area is 131 Å². The molecule has 0 bridgehead atoms. The van der Waals surface area contributed by atoms with Crippen molar-refractivity contribution in [3.05, 3.63) is 53.1 Å². The lowest BCUT2D eigenvalue weighted by atomic mass is 10.2. The third-order valence-corrected chi connectivity index (χ3v) is 5.65. The zero-order valence-electron chi connectivity index (χ0n) is 11.0. The number of pyridine rings is 1. The van der Waals surface area contributed by atoms with Gasteiger partial charge in [-0.2, -0.15) is 4.31 Å². The third-order valence-electron chi connectivity index (χ3n) is 3.20. The fourth-order valence-electron chi connectivity index (χ4n) is 2.03. The van der Waals surface area contributed by atoms with E-state index in [0.717, 1.165) is 4.47 Å². The molecule has 0 amide bonds. The zero-order valence-corrected chi connectivity index (χ0v) is 13.4. The number of aromatic nitrogens is 1. The van der Waals surface area contributed by atoms with Crippen molar-refractivity contribution < 1.29 is 13.2 Å². The fraction of sp³-hybridized carbons (Fsp3) is 0.214. The summed E-state index contributed by atoms with van der Waals surface area (Å²) in [7, 11) is -3.42. The van der Waals surface area contributed by atoms with Crippen molar-refractivity contribution in [2.24, 2.45) is 0 Å². The van der Waals surface area contributed by atoms with Crippen molar-refractivity contribution in [2.45, 2.75) is 11.0 Å². The second-order valence-corrected chi connectivity index (χ2v) is 7.46. The SMILES string of the molecule is O=S(=O)(c1ccccc1)N1CC(Oc2ncccc2Br)C1. The number of nitrogens with zero attached hydrogens (tertiary/aromatic N) is 2. The normalized spacial score (nSPS) is 16.4. The molecule has 0 radical (unpaired) electrons. The zero-order chi connectivity index (χ0) is 14.9. The highest BCUT2D eigenvalue weighted by molar-refractivity contribution is 9.10. The van der Waals surface area contributed by atoms with Gasteiger partial charge in [-0.05, 0) is 40.2 Å². The highest BCUT2D eigenvalue weighted by Gasteiger charge is 2.38. The van der Waals surface area contributed by atoms with Crippen LogP contribution in [0.5, 0.6) is 5.88 Å².